The van der Waals surface area contributed by atoms with Gasteiger partial charge in [-0.3, -0.25) is 4.79 Å². The van der Waals surface area contributed by atoms with E-state index in [9.17, 15) is 4.79 Å². The van der Waals surface area contributed by atoms with Crippen molar-refractivity contribution in [1.82, 2.24) is 25.7 Å². The average molecular weight is 352 g/mol. The van der Waals surface area contributed by atoms with E-state index in [1.54, 1.807) is 0 Å². The Balaban J connectivity index is 2.56. The summed E-state index contributed by atoms with van der Waals surface area (Å²) in [6.07, 6.45) is 0.433. The fourth-order valence-electron chi connectivity index (χ4n) is 2.14. The maximum atomic E-state index is 12.0. The summed E-state index contributed by atoms with van der Waals surface area (Å²) < 4.78 is 5.26. The monoisotopic (exact) mass is 352 g/mol. The zero-order valence-corrected chi connectivity index (χ0v) is 16.3. The first-order valence-corrected chi connectivity index (χ1v) is 8.94. The second kappa shape index (κ2) is 10.0. The fourth-order valence-corrected chi connectivity index (χ4v) is 2.14. The molecule has 0 radical (unpaired) electrons. The molecule has 0 atom stereocenters. The van der Waals surface area contributed by atoms with Crippen molar-refractivity contribution >= 4 is 11.9 Å². The number of nitrogens with zero attached hydrogens (tertiary/aromatic N) is 4. The minimum atomic E-state index is -0.178. The van der Waals surface area contributed by atoms with Crippen LogP contribution in [0.1, 0.15) is 59.7 Å². The van der Waals surface area contributed by atoms with Crippen molar-refractivity contribution < 1.29 is 9.32 Å². The molecule has 0 unspecified atom stereocenters. The van der Waals surface area contributed by atoms with Gasteiger partial charge in [0.05, 0.1) is 0 Å². The van der Waals surface area contributed by atoms with E-state index in [0.717, 1.165) is 19.6 Å². The summed E-state index contributed by atoms with van der Waals surface area (Å²) >= 11 is 0. The first-order valence-electron chi connectivity index (χ1n) is 8.94. The van der Waals surface area contributed by atoms with Crippen molar-refractivity contribution in [2.75, 3.05) is 26.2 Å². The minimum Gasteiger partial charge on any atom is -0.357 e. The third-order valence-corrected chi connectivity index (χ3v) is 3.58. The third kappa shape index (κ3) is 7.11. The number of amides is 1. The Morgan fingerprint density at radius 3 is 2.40 bits per heavy atom. The number of nitrogens with one attached hydrogen (secondary N) is 2. The summed E-state index contributed by atoms with van der Waals surface area (Å²) in [5.74, 6) is 1.92. The van der Waals surface area contributed by atoms with Gasteiger partial charge in [0, 0.05) is 38.0 Å². The largest absolute Gasteiger partial charge is 0.357 e. The van der Waals surface area contributed by atoms with Crippen molar-refractivity contribution in [2.24, 2.45) is 4.99 Å². The summed E-state index contributed by atoms with van der Waals surface area (Å²) in [5.41, 5.74) is -0.178. The van der Waals surface area contributed by atoms with Crippen LogP contribution in [0.3, 0.4) is 0 Å². The van der Waals surface area contributed by atoms with E-state index >= 15 is 0 Å². The molecule has 1 aromatic heterocycles. The molecule has 1 amide bonds. The van der Waals surface area contributed by atoms with Gasteiger partial charge in [0.15, 0.2) is 11.8 Å². The molecule has 0 bridgehead atoms. The number of hydrogen-bond acceptors (Lipinski definition) is 5. The van der Waals surface area contributed by atoms with E-state index in [-0.39, 0.29) is 11.3 Å². The van der Waals surface area contributed by atoms with Crippen molar-refractivity contribution in [3.63, 3.8) is 0 Å². The second-order valence-corrected chi connectivity index (χ2v) is 6.70. The van der Waals surface area contributed by atoms with Gasteiger partial charge >= 0.3 is 0 Å². The zero-order valence-electron chi connectivity index (χ0n) is 16.3. The Bertz CT molecular complexity index is 558. The molecule has 0 spiro atoms. The molecule has 2 N–H and O–H groups in total. The van der Waals surface area contributed by atoms with Crippen molar-refractivity contribution in [3.05, 3.63) is 11.7 Å². The summed E-state index contributed by atoms with van der Waals surface area (Å²) in [6.45, 7) is 15.1. The number of aromatic nitrogens is 2. The van der Waals surface area contributed by atoms with Gasteiger partial charge in [0.1, 0.15) is 6.54 Å². The Morgan fingerprint density at radius 1 is 1.20 bits per heavy atom. The molecule has 8 heteroatoms. The van der Waals surface area contributed by atoms with Gasteiger partial charge in [-0.1, -0.05) is 25.9 Å². The van der Waals surface area contributed by atoms with Crippen LogP contribution in [0.4, 0.5) is 0 Å². The Hall–Kier alpha value is -2.12. The lowest BCUT2D eigenvalue weighted by Crippen LogP contribution is -2.40. The number of rotatable bonds is 8. The van der Waals surface area contributed by atoms with Crippen molar-refractivity contribution in [2.45, 2.75) is 59.9 Å². The molecule has 0 aliphatic rings. The molecule has 1 heterocycles. The lowest BCUT2D eigenvalue weighted by Gasteiger charge is -2.19. The first-order chi connectivity index (χ1) is 11.8. The van der Waals surface area contributed by atoms with Gasteiger partial charge in [-0.25, -0.2) is 4.99 Å². The van der Waals surface area contributed by atoms with Gasteiger partial charge in [0.25, 0.3) is 0 Å². The van der Waals surface area contributed by atoms with Crippen LogP contribution in [0.15, 0.2) is 9.52 Å². The molecule has 8 nitrogen and oxygen atoms in total. The normalized spacial score (nSPS) is 12.2. The standard InChI is InChI=1S/C17H32N6O2/c1-7-18-16(19-11-10-14(24)23(8-2)9-3)20-12-13-21-15(25-22-13)17(4,5)6/h7-12H2,1-6H3,(H2,18,19,20). The molecule has 0 saturated heterocycles. The highest BCUT2D eigenvalue weighted by Gasteiger charge is 2.21. The van der Waals surface area contributed by atoms with E-state index in [2.05, 4.69) is 25.8 Å². The van der Waals surface area contributed by atoms with E-state index in [1.807, 2.05) is 46.4 Å². The number of aliphatic imine (C=N–C) groups is 1. The molecule has 0 saturated carbocycles. The van der Waals surface area contributed by atoms with Crippen LogP contribution in [0.25, 0.3) is 0 Å². The van der Waals surface area contributed by atoms with Crippen molar-refractivity contribution in [3.8, 4) is 0 Å². The van der Waals surface area contributed by atoms with E-state index < -0.39 is 0 Å². The summed E-state index contributed by atoms with van der Waals surface area (Å²) in [6, 6.07) is 0. The third-order valence-electron chi connectivity index (χ3n) is 3.58. The Morgan fingerprint density at radius 2 is 1.88 bits per heavy atom. The number of hydrogen-bond donors (Lipinski definition) is 2. The van der Waals surface area contributed by atoms with Crippen molar-refractivity contribution in [1.29, 1.82) is 0 Å². The van der Waals surface area contributed by atoms with Crippen LogP contribution in [-0.2, 0) is 16.8 Å². The topological polar surface area (TPSA) is 95.6 Å². The SMILES string of the molecule is CCNC(=NCc1noc(C(C)(C)C)n1)NCCC(=O)N(CC)CC. The minimum absolute atomic E-state index is 0.140. The molecule has 0 aliphatic heterocycles. The highest BCUT2D eigenvalue weighted by atomic mass is 16.5. The lowest BCUT2D eigenvalue weighted by atomic mass is 9.97. The maximum Gasteiger partial charge on any atom is 0.232 e. The summed E-state index contributed by atoms with van der Waals surface area (Å²) in [5, 5.41) is 10.3. The predicted molar refractivity (Wildman–Crippen MR) is 98.4 cm³/mol. The Labute approximate surface area is 150 Å². The number of guanidine groups is 1. The molecule has 142 valence electrons. The molecule has 0 fully saturated rings. The average Bonchev–Trinajstić information content (AvgIpc) is 3.03. The summed E-state index contributed by atoms with van der Waals surface area (Å²) in [4.78, 5) is 22.6. The highest BCUT2D eigenvalue weighted by Crippen LogP contribution is 2.19. The quantitative estimate of drug-likeness (QED) is 0.546. The van der Waals surface area contributed by atoms with Crippen LogP contribution >= 0.6 is 0 Å². The van der Waals surface area contributed by atoms with E-state index in [0.29, 0.717) is 37.2 Å². The van der Waals surface area contributed by atoms with Gasteiger partial charge < -0.3 is 20.1 Å². The van der Waals surface area contributed by atoms with Crippen LogP contribution in [0.2, 0.25) is 0 Å². The van der Waals surface area contributed by atoms with Crippen LogP contribution in [-0.4, -0.2) is 53.1 Å². The molecule has 0 aromatic carbocycles. The van der Waals surface area contributed by atoms with Crippen LogP contribution in [0, 0.1) is 0 Å². The van der Waals surface area contributed by atoms with Gasteiger partial charge in [-0.05, 0) is 20.8 Å². The number of carbonyl (C=O) groups excluding carboxylic acids is 1. The lowest BCUT2D eigenvalue weighted by molar-refractivity contribution is -0.130. The van der Waals surface area contributed by atoms with Gasteiger partial charge in [-0.15, -0.1) is 0 Å². The molecule has 25 heavy (non-hydrogen) atoms. The molecular formula is C17H32N6O2. The molecule has 1 aromatic rings. The zero-order chi connectivity index (χ0) is 18.9. The molecule has 0 aliphatic carbocycles. The highest BCUT2D eigenvalue weighted by molar-refractivity contribution is 5.81. The number of carbonyl (C=O) groups is 1. The van der Waals surface area contributed by atoms with E-state index in [1.165, 1.54) is 0 Å². The fraction of sp³-hybridized carbons (Fsp3) is 0.765. The second-order valence-electron chi connectivity index (χ2n) is 6.70. The van der Waals surface area contributed by atoms with E-state index in [4.69, 9.17) is 4.52 Å². The summed E-state index contributed by atoms with van der Waals surface area (Å²) in [7, 11) is 0. The van der Waals surface area contributed by atoms with Crippen LogP contribution in [0.5, 0.6) is 0 Å². The Kier molecular flexibility index (Phi) is 8.37. The smallest absolute Gasteiger partial charge is 0.232 e. The molecular weight excluding hydrogens is 320 g/mol. The van der Waals surface area contributed by atoms with Crippen LogP contribution < -0.4 is 10.6 Å². The maximum absolute atomic E-state index is 12.0. The predicted octanol–water partition coefficient (Wildman–Crippen LogP) is 1.68. The first kappa shape index (κ1) is 20.9. The van der Waals surface area contributed by atoms with Gasteiger partial charge in [-0.2, -0.15) is 4.98 Å². The van der Waals surface area contributed by atoms with Gasteiger partial charge in [0.2, 0.25) is 11.8 Å². The molecule has 1 rings (SSSR count).